The third kappa shape index (κ3) is 7.56. The van der Waals surface area contributed by atoms with Crippen LogP contribution in [0.4, 0.5) is 0 Å². The molecule has 2 atom stereocenters. The molecule has 0 radical (unpaired) electrons. The van der Waals surface area contributed by atoms with E-state index in [0.717, 1.165) is 45.2 Å². The summed E-state index contributed by atoms with van der Waals surface area (Å²) < 4.78 is 0. The molecule has 0 aromatic carbocycles. The number of rotatable bonds is 11. The van der Waals surface area contributed by atoms with E-state index in [1.54, 1.807) is 0 Å². The van der Waals surface area contributed by atoms with Crippen molar-refractivity contribution in [2.75, 3.05) is 20.1 Å². The van der Waals surface area contributed by atoms with Crippen LogP contribution in [0.2, 0.25) is 0 Å². The van der Waals surface area contributed by atoms with Crippen molar-refractivity contribution < 1.29 is 4.79 Å². The lowest BCUT2D eigenvalue weighted by Gasteiger charge is -2.27. The molecule has 0 fully saturated rings. The first-order valence-electron chi connectivity index (χ1n) is 8.08. The van der Waals surface area contributed by atoms with Crippen molar-refractivity contribution in [3.63, 3.8) is 0 Å². The Morgan fingerprint density at radius 1 is 1.11 bits per heavy atom. The van der Waals surface area contributed by atoms with Crippen LogP contribution in [0.15, 0.2) is 0 Å². The van der Waals surface area contributed by atoms with E-state index < -0.39 is 0 Å². The molecule has 0 heterocycles. The summed E-state index contributed by atoms with van der Waals surface area (Å²) in [6.45, 7) is 10.5. The molecule has 0 aromatic rings. The second kappa shape index (κ2) is 11.3. The highest BCUT2D eigenvalue weighted by Crippen LogP contribution is 2.15. The van der Waals surface area contributed by atoms with E-state index in [-0.39, 0.29) is 11.8 Å². The van der Waals surface area contributed by atoms with Gasteiger partial charge in [-0.2, -0.15) is 0 Å². The summed E-state index contributed by atoms with van der Waals surface area (Å²) in [6.07, 6.45) is 6.56. The molecule has 0 aliphatic carbocycles. The number of carbonyl (C=O) groups is 1. The van der Waals surface area contributed by atoms with Gasteiger partial charge in [0.25, 0.3) is 0 Å². The van der Waals surface area contributed by atoms with Gasteiger partial charge >= 0.3 is 0 Å². The van der Waals surface area contributed by atoms with Gasteiger partial charge in [-0.05, 0) is 32.9 Å². The molecule has 1 N–H and O–H groups in total. The summed E-state index contributed by atoms with van der Waals surface area (Å²) in [7, 11) is 2.13. The third-order valence-electron chi connectivity index (χ3n) is 4.02. The average Bonchev–Trinajstić information content (AvgIpc) is 2.43. The Morgan fingerprint density at radius 2 is 1.79 bits per heavy atom. The number of nitrogens with zero attached hydrogens (tertiary/aromatic N) is 1. The minimum absolute atomic E-state index is 0.217. The molecule has 0 spiro atoms. The van der Waals surface area contributed by atoms with Crippen LogP contribution in [-0.4, -0.2) is 37.0 Å². The molecule has 0 aliphatic rings. The molecule has 2 unspecified atom stereocenters. The molecular formula is C16H34N2O. The standard InChI is InChI=1S/C16H34N2O/c1-6-10-12-14(11-7-2)16(19)17-13-15(8-3)18(5)9-4/h14-15H,6-13H2,1-5H3,(H,17,19). The topological polar surface area (TPSA) is 32.3 Å². The van der Waals surface area contributed by atoms with Crippen molar-refractivity contribution in [1.82, 2.24) is 10.2 Å². The van der Waals surface area contributed by atoms with Gasteiger partial charge in [-0.25, -0.2) is 0 Å². The molecule has 3 heteroatoms. The van der Waals surface area contributed by atoms with Crippen LogP contribution in [0.1, 0.15) is 66.2 Å². The first-order valence-corrected chi connectivity index (χ1v) is 8.08. The van der Waals surface area contributed by atoms with Gasteiger partial charge in [0.2, 0.25) is 5.91 Å². The maximum Gasteiger partial charge on any atom is 0.223 e. The van der Waals surface area contributed by atoms with Gasteiger partial charge < -0.3 is 10.2 Å². The van der Waals surface area contributed by atoms with Crippen LogP contribution < -0.4 is 5.32 Å². The Kier molecular flexibility index (Phi) is 10.9. The summed E-state index contributed by atoms with van der Waals surface area (Å²) in [5, 5.41) is 3.16. The van der Waals surface area contributed by atoms with Gasteiger partial charge in [-0.3, -0.25) is 4.79 Å². The van der Waals surface area contributed by atoms with E-state index in [0.29, 0.717) is 6.04 Å². The highest BCUT2D eigenvalue weighted by Gasteiger charge is 2.18. The van der Waals surface area contributed by atoms with Gasteiger partial charge in [0.1, 0.15) is 0 Å². The third-order valence-corrected chi connectivity index (χ3v) is 4.02. The lowest BCUT2D eigenvalue weighted by molar-refractivity contribution is -0.125. The molecule has 0 rings (SSSR count). The van der Waals surface area contributed by atoms with Crippen molar-refractivity contribution in [2.24, 2.45) is 5.92 Å². The van der Waals surface area contributed by atoms with E-state index in [1.807, 2.05) is 0 Å². The van der Waals surface area contributed by atoms with Crippen LogP contribution in [0.3, 0.4) is 0 Å². The monoisotopic (exact) mass is 270 g/mol. The number of unbranched alkanes of at least 4 members (excludes halogenated alkanes) is 1. The lowest BCUT2D eigenvalue weighted by Crippen LogP contribution is -2.43. The molecule has 3 nitrogen and oxygen atoms in total. The fourth-order valence-electron chi connectivity index (χ4n) is 2.44. The van der Waals surface area contributed by atoms with Crippen molar-refractivity contribution >= 4 is 5.91 Å². The molecular weight excluding hydrogens is 236 g/mol. The van der Waals surface area contributed by atoms with Crippen molar-refractivity contribution in [2.45, 2.75) is 72.3 Å². The highest BCUT2D eigenvalue weighted by molar-refractivity contribution is 5.78. The Labute approximate surface area is 120 Å². The van der Waals surface area contributed by atoms with Crippen LogP contribution in [0.25, 0.3) is 0 Å². The number of carbonyl (C=O) groups excluding carboxylic acids is 1. The van der Waals surface area contributed by atoms with Crippen LogP contribution in [0, 0.1) is 5.92 Å². The van der Waals surface area contributed by atoms with Gasteiger partial charge in [-0.15, -0.1) is 0 Å². The Morgan fingerprint density at radius 3 is 2.26 bits per heavy atom. The van der Waals surface area contributed by atoms with Crippen LogP contribution >= 0.6 is 0 Å². The number of likely N-dealkylation sites (N-methyl/N-ethyl adjacent to an activating group) is 1. The van der Waals surface area contributed by atoms with Crippen LogP contribution in [0.5, 0.6) is 0 Å². The molecule has 0 aromatic heterocycles. The number of hydrogen-bond donors (Lipinski definition) is 1. The van der Waals surface area contributed by atoms with Gasteiger partial charge in [0, 0.05) is 18.5 Å². The maximum atomic E-state index is 12.2. The molecule has 0 saturated heterocycles. The first-order chi connectivity index (χ1) is 9.10. The molecule has 1 amide bonds. The Balaban J connectivity index is 4.22. The fraction of sp³-hybridized carbons (Fsp3) is 0.938. The largest absolute Gasteiger partial charge is 0.354 e. The van der Waals surface area contributed by atoms with Gasteiger partial charge in [0.05, 0.1) is 0 Å². The van der Waals surface area contributed by atoms with E-state index in [1.165, 1.54) is 6.42 Å². The van der Waals surface area contributed by atoms with E-state index in [9.17, 15) is 4.79 Å². The normalized spacial score (nSPS) is 14.4. The molecule has 0 saturated carbocycles. The summed E-state index contributed by atoms with van der Waals surface area (Å²) in [5.41, 5.74) is 0. The summed E-state index contributed by atoms with van der Waals surface area (Å²) >= 11 is 0. The molecule has 114 valence electrons. The SMILES string of the molecule is CCCCC(CCC)C(=O)NCC(CC)N(C)CC. The molecule has 0 aliphatic heterocycles. The lowest BCUT2D eigenvalue weighted by atomic mass is 9.96. The van der Waals surface area contributed by atoms with Crippen molar-refractivity contribution in [3.8, 4) is 0 Å². The molecule has 19 heavy (non-hydrogen) atoms. The van der Waals surface area contributed by atoms with Gasteiger partial charge in [0.15, 0.2) is 0 Å². The first kappa shape index (κ1) is 18.4. The van der Waals surface area contributed by atoms with Crippen LogP contribution in [-0.2, 0) is 4.79 Å². The van der Waals surface area contributed by atoms with Gasteiger partial charge in [-0.1, -0.05) is 47.0 Å². The summed E-state index contributed by atoms with van der Waals surface area (Å²) in [4.78, 5) is 14.5. The predicted molar refractivity (Wildman–Crippen MR) is 83.3 cm³/mol. The second-order valence-corrected chi connectivity index (χ2v) is 5.51. The van der Waals surface area contributed by atoms with E-state index in [2.05, 4.69) is 45.0 Å². The average molecular weight is 270 g/mol. The quantitative estimate of drug-likeness (QED) is 0.624. The maximum absolute atomic E-state index is 12.2. The van der Waals surface area contributed by atoms with Crippen molar-refractivity contribution in [3.05, 3.63) is 0 Å². The zero-order chi connectivity index (χ0) is 14.7. The Hall–Kier alpha value is -0.570. The number of nitrogens with one attached hydrogen (secondary N) is 1. The minimum atomic E-state index is 0.217. The minimum Gasteiger partial charge on any atom is -0.354 e. The number of hydrogen-bond acceptors (Lipinski definition) is 2. The highest BCUT2D eigenvalue weighted by atomic mass is 16.1. The Bertz CT molecular complexity index is 231. The molecule has 0 bridgehead atoms. The van der Waals surface area contributed by atoms with E-state index >= 15 is 0 Å². The zero-order valence-electron chi connectivity index (χ0n) is 13.7. The second-order valence-electron chi connectivity index (χ2n) is 5.51. The number of amides is 1. The fourth-order valence-corrected chi connectivity index (χ4v) is 2.44. The summed E-state index contributed by atoms with van der Waals surface area (Å²) in [6, 6.07) is 0.461. The predicted octanol–water partition coefficient (Wildman–Crippen LogP) is 3.44. The smallest absolute Gasteiger partial charge is 0.223 e. The zero-order valence-corrected chi connectivity index (χ0v) is 13.7. The van der Waals surface area contributed by atoms with Crippen molar-refractivity contribution in [1.29, 1.82) is 0 Å². The summed E-state index contributed by atoms with van der Waals surface area (Å²) in [5.74, 6) is 0.479. The van der Waals surface area contributed by atoms with E-state index in [4.69, 9.17) is 0 Å².